The lowest BCUT2D eigenvalue weighted by Gasteiger charge is -2.17. The van der Waals surface area contributed by atoms with Crippen molar-refractivity contribution in [2.75, 3.05) is 0 Å². The molecule has 3 aromatic carbocycles. The first kappa shape index (κ1) is 21.8. The van der Waals surface area contributed by atoms with Crippen LogP contribution in [0.25, 0.3) is 10.8 Å². The van der Waals surface area contributed by atoms with Gasteiger partial charge in [-0.1, -0.05) is 55.5 Å². The SMILES string of the molecule is CCC(Oc1ccc2ccccc2c1Br)C(=O)NN=Cc1ccccc1C(F)(F)F. The van der Waals surface area contributed by atoms with Crippen molar-refractivity contribution in [3.63, 3.8) is 0 Å². The third kappa shape index (κ3) is 4.99. The average Bonchev–Trinajstić information content (AvgIpc) is 2.73. The highest BCUT2D eigenvalue weighted by Gasteiger charge is 2.32. The van der Waals surface area contributed by atoms with Gasteiger partial charge in [0.1, 0.15) is 5.75 Å². The van der Waals surface area contributed by atoms with E-state index in [2.05, 4.69) is 26.5 Å². The van der Waals surface area contributed by atoms with Crippen molar-refractivity contribution < 1.29 is 22.7 Å². The predicted octanol–water partition coefficient (Wildman–Crippen LogP) is 5.93. The number of hydrogen-bond acceptors (Lipinski definition) is 3. The number of halogens is 4. The van der Waals surface area contributed by atoms with E-state index in [1.807, 2.05) is 30.3 Å². The molecule has 0 radical (unpaired) electrons. The van der Waals surface area contributed by atoms with E-state index in [4.69, 9.17) is 4.74 Å². The lowest BCUT2D eigenvalue weighted by molar-refractivity contribution is -0.137. The maximum Gasteiger partial charge on any atom is 0.417 e. The van der Waals surface area contributed by atoms with Crippen LogP contribution in [0, 0.1) is 0 Å². The van der Waals surface area contributed by atoms with Gasteiger partial charge in [-0.2, -0.15) is 18.3 Å². The molecule has 4 nitrogen and oxygen atoms in total. The van der Waals surface area contributed by atoms with Crippen molar-refractivity contribution >= 4 is 38.8 Å². The van der Waals surface area contributed by atoms with Gasteiger partial charge in [-0.25, -0.2) is 5.43 Å². The van der Waals surface area contributed by atoms with Crippen LogP contribution in [0.2, 0.25) is 0 Å². The topological polar surface area (TPSA) is 50.7 Å². The molecular weight excluding hydrogens is 461 g/mol. The number of carbonyl (C=O) groups is 1. The molecule has 1 N–H and O–H groups in total. The van der Waals surface area contributed by atoms with Crippen molar-refractivity contribution in [2.24, 2.45) is 5.10 Å². The van der Waals surface area contributed by atoms with Crippen LogP contribution < -0.4 is 10.2 Å². The fraction of sp³-hybridized carbons (Fsp3) is 0.182. The smallest absolute Gasteiger partial charge is 0.417 e. The molecular formula is C22H18BrF3N2O2. The highest BCUT2D eigenvalue weighted by Crippen LogP contribution is 2.34. The standard InChI is InChI=1S/C22H18BrF3N2O2/c1-2-18(30-19-12-11-14-7-3-5-9-16(14)20(19)23)21(29)28-27-13-15-8-4-6-10-17(15)22(24,25)26/h3-13,18H,2H2,1H3,(H,28,29). The molecule has 1 amide bonds. The largest absolute Gasteiger partial charge is 0.479 e. The van der Waals surface area contributed by atoms with Gasteiger partial charge in [-0.3, -0.25) is 4.79 Å². The van der Waals surface area contributed by atoms with Crippen molar-refractivity contribution in [1.82, 2.24) is 5.43 Å². The Bertz CT molecular complexity index is 1080. The Morgan fingerprint density at radius 3 is 2.57 bits per heavy atom. The van der Waals surface area contributed by atoms with Crippen molar-refractivity contribution in [3.05, 3.63) is 76.3 Å². The molecule has 0 aliphatic rings. The van der Waals surface area contributed by atoms with E-state index in [1.54, 1.807) is 13.0 Å². The third-order valence-corrected chi connectivity index (χ3v) is 5.22. The second kappa shape index (κ2) is 9.30. The fourth-order valence-corrected chi connectivity index (χ4v) is 3.47. The van der Waals surface area contributed by atoms with Crippen LogP contribution in [-0.4, -0.2) is 18.2 Å². The Hall–Kier alpha value is -2.87. The molecule has 0 aromatic heterocycles. The summed E-state index contributed by atoms with van der Waals surface area (Å²) < 4.78 is 45.7. The van der Waals surface area contributed by atoms with Gasteiger partial charge in [0, 0.05) is 5.56 Å². The lowest BCUT2D eigenvalue weighted by Crippen LogP contribution is -2.35. The van der Waals surface area contributed by atoms with E-state index in [0.717, 1.165) is 27.5 Å². The number of nitrogens with zero attached hydrogens (tertiary/aromatic N) is 1. The predicted molar refractivity (Wildman–Crippen MR) is 114 cm³/mol. The Morgan fingerprint density at radius 2 is 1.83 bits per heavy atom. The Labute approximate surface area is 179 Å². The minimum Gasteiger partial charge on any atom is -0.479 e. The summed E-state index contributed by atoms with van der Waals surface area (Å²) in [5.41, 5.74) is 1.29. The number of hydrogen-bond donors (Lipinski definition) is 1. The molecule has 156 valence electrons. The number of fused-ring (bicyclic) bond motifs is 1. The maximum absolute atomic E-state index is 13.0. The van der Waals surface area contributed by atoms with Crippen LogP contribution in [0.5, 0.6) is 5.75 Å². The molecule has 1 atom stereocenters. The highest BCUT2D eigenvalue weighted by atomic mass is 79.9. The number of ether oxygens (including phenoxy) is 1. The lowest BCUT2D eigenvalue weighted by atomic mass is 10.1. The Morgan fingerprint density at radius 1 is 1.13 bits per heavy atom. The summed E-state index contributed by atoms with van der Waals surface area (Å²) in [5.74, 6) is -0.0691. The number of rotatable bonds is 6. The van der Waals surface area contributed by atoms with Crippen LogP contribution in [0.1, 0.15) is 24.5 Å². The van der Waals surface area contributed by atoms with Gasteiger partial charge in [0.15, 0.2) is 6.10 Å². The molecule has 30 heavy (non-hydrogen) atoms. The molecule has 1 unspecified atom stereocenters. The number of alkyl halides is 3. The molecule has 0 spiro atoms. The molecule has 3 rings (SSSR count). The van der Waals surface area contributed by atoms with Gasteiger partial charge in [-0.05, 0) is 45.3 Å². The number of nitrogens with one attached hydrogen (secondary N) is 1. The quantitative estimate of drug-likeness (QED) is 0.352. The van der Waals surface area contributed by atoms with Crippen LogP contribution in [0.3, 0.4) is 0 Å². The summed E-state index contributed by atoms with van der Waals surface area (Å²) >= 11 is 3.51. The van der Waals surface area contributed by atoms with Gasteiger partial charge in [0.05, 0.1) is 16.3 Å². The monoisotopic (exact) mass is 478 g/mol. The Kier molecular flexibility index (Phi) is 6.77. The van der Waals surface area contributed by atoms with Gasteiger partial charge in [0.2, 0.25) is 0 Å². The molecule has 0 saturated heterocycles. The summed E-state index contributed by atoms with van der Waals surface area (Å²) in [4.78, 5) is 12.4. The second-order valence-corrected chi connectivity index (χ2v) is 7.23. The van der Waals surface area contributed by atoms with Crippen molar-refractivity contribution in [3.8, 4) is 5.75 Å². The van der Waals surface area contributed by atoms with E-state index in [0.29, 0.717) is 12.2 Å². The van der Waals surface area contributed by atoms with Crippen LogP contribution >= 0.6 is 15.9 Å². The summed E-state index contributed by atoms with van der Waals surface area (Å²) in [6.07, 6.45) is -4.05. The minimum atomic E-state index is -4.51. The van der Waals surface area contributed by atoms with Crippen molar-refractivity contribution in [2.45, 2.75) is 25.6 Å². The number of hydrazone groups is 1. The Balaban J connectivity index is 1.72. The molecule has 3 aromatic rings. The van der Waals surface area contributed by atoms with Gasteiger partial charge in [0.25, 0.3) is 5.91 Å². The van der Waals surface area contributed by atoms with Gasteiger partial charge in [-0.15, -0.1) is 0 Å². The third-order valence-electron chi connectivity index (χ3n) is 4.40. The summed E-state index contributed by atoms with van der Waals surface area (Å²) in [6.45, 7) is 1.77. The molecule has 8 heteroatoms. The second-order valence-electron chi connectivity index (χ2n) is 6.43. The first-order valence-corrected chi connectivity index (χ1v) is 9.93. The summed E-state index contributed by atoms with van der Waals surface area (Å²) in [5, 5.41) is 5.64. The zero-order valence-electron chi connectivity index (χ0n) is 15.9. The van der Waals surface area contributed by atoms with E-state index in [9.17, 15) is 18.0 Å². The summed E-state index contributed by atoms with van der Waals surface area (Å²) in [6, 6.07) is 16.3. The first-order chi connectivity index (χ1) is 14.3. The van der Waals surface area contributed by atoms with E-state index >= 15 is 0 Å². The van der Waals surface area contributed by atoms with E-state index in [1.165, 1.54) is 18.2 Å². The summed E-state index contributed by atoms with van der Waals surface area (Å²) in [7, 11) is 0. The van der Waals surface area contributed by atoms with Gasteiger partial charge >= 0.3 is 6.18 Å². The van der Waals surface area contributed by atoms with E-state index < -0.39 is 23.8 Å². The molecule has 0 bridgehead atoms. The molecule has 0 fully saturated rings. The molecule has 0 heterocycles. The minimum absolute atomic E-state index is 0.142. The number of benzene rings is 3. The molecule has 0 aliphatic heterocycles. The van der Waals surface area contributed by atoms with Gasteiger partial charge < -0.3 is 4.74 Å². The van der Waals surface area contributed by atoms with Crippen LogP contribution in [0.15, 0.2) is 70.2 Å². The average molecular weight is 479 g/mol. The normalized spacial score (nSPS) is 12.8. The molecule has 0 saturated carbocycles. The number of carbonyl (C=O) groups excluding carboxylic acids is 1. The maximum atomic E-state index is 13.0. The first-order valence-electron chi connectivity index (χ1n) is 9.14. The van der Waals surface area contributed by atoms with Crippen molar-refractivity contribution in [1.29, 1.82) is 0 Å². The van der Waals surface area contributed by atoms with E-state index in [-0.39, 0.29) is 5.56 Å². The number of amides is 1. The zero-order chi connectivity index (χ0) is 21.7. The highest BCUT2D eigenvalue weighted by molar-refractivity contribution is 9.10. The van der Waals surface area contributed by atoms with Crippen LogP contribution in [-0.2, 0) is 11.0 Å². The van der Waals surface area contributed by atoms with Crippen LogP contribution in [0.4, 0.5) is 13.2 Å². The molecule has 0 aliphatic carbocycles. The zero-order valence-corrected chi connectivity index (χ0v) is 17.5. The fourth-order valence-electron chi connectivity index (χ4n) is 2.89.